The maximum absolute atomic E-state index is 13.1. The second-order valence-corrected chi connectivity index (χ2v) is 5.96. The van der Waals surface area contributed by atoms with Gasteiger partial charge in [-0.15, -0.1) is 0 Å². The lowest BCUT2D eigenvalue weighted by Gasteiger charge is -2.12. The van der Waals surface area contributed by atoms with Gasteiger partial charge in [0, 0.05) is 6.04 Å². The van der Waals surface area contributed by atoms with E-state index in [4.69, 9.17) is 5.26 Å². The third kappa shape index (κ3) is 1.32. The highest BCUT2D eigenvalue weighted by Crippen LogP contribution is 2.66. The Morgan fingerprint density at radius 3 is 2.61 bits per heavy atom. The molecule has 0 aliphatic heterocycles. The summed E-state index contributed by atoms with van der Waals surface area (Å²) >= 11 is 0. The van der Waals surface area contributed by atoms with Gasteiger partial charge in [-0.05, 0) is 61.1 Å². The molecule has 2 nitrogen and oxygen atoms in total. The van der Waals surface area contributed by atoms with Gasteiger partial charge in [0.2, 0.25) is 0 Å². The smallest absolute Gasteiger partial charge is 0.124 e. The molecule has 0 aromatic heterocycles. The van der Waals surface area contributed by atoms with Crippen molar-refractivity contribution in [3.8, 4) is 6.07 Å². The Morgan fingerprint density at radius 1 is 1.22 bits per heavy atom. The van der Waals surface area contributed by atoms with Gasteiger partial charge in [-0.2, -0.15) is 5.26 Å². The summed E-state index contributed by atoms with van der Waals surface area (Å²) in [5, 5.41) is 12.5. The van der Waals surface area contributed by atoms with Gasteiger partial charge in [0.15, 0.2) is 0 Å². The number of benzene rings is 1. The van der Waals surface area contributed by atoms with Crippen molar-refractivity contribution in [3.63, 3.8) is 0 Å². The molecule has 0 radical (unpaired) electrons. The molecule has 1 aromatic rings. The van der Waals surface area contributed by atoms with E-state index in [0.717, 1.165) is 29.4 Å². The van der Waals surface area contributed by atoms with Crippen LogP contribution in [-0.4, -0.2) is 6.04 Å². The predicted octanol–water partition coefficient (Wildman–Crippen LogP) is 3.15. The van der Waals surface area contributed by atoms with Gasteiger partial charge in [0.25, 0.3) is 0 Å². The zero-order valence-corrected chi connectivity index (χ0v) is 10.1. The van der Waals surface area contributed by atoms with Crippen LogP contribution in [0.5, 0.6) is 0 Å². The molecule has 0 saturated heterocycles. The van der Waals surface area contributed by atoms with E-state index < -0.39 is 0 Å². The quantitative estimate of drug-likeness (QED) is 0.864. The van der Waals surface area contributed by atoms with Crippen LogP contribution in [0.1, 0.15) is 24.8 Å². The first-order chi connectivity index (χ1) is 8.78. The third-order valence-electron chi connectivity index (χ3n) is 5.16. The van der Waals surface area contributed by atoms with Crippen LogP contribution in [0.2, 0.25) is 0 Å². The average Bonchev–Trinajstić information content (AvgIpc) is 2.78. The molecule has 1 N–H and O–H groups in total. The van der Waals surface area contributed by atoms with Gasteiger partial charge in [-0.1, -0.05) is 0 Å². The van der Waals surface area contributed by atoms with E-state index in [1.54, 1.807) is 6.07 Å². The second kappa shape index (κ2) is 3.47. The van der Waals surface area contributed by atoms with Crippen molar-refractivity contribution in [1.82, 2.24) is 0 Å². The molecule has 3 heteroatoms. The molecule has 3 aliphatic rings. The molecule has 4 unspecified atom stereocenters. The minimum atomic E-state index is -0.340. The fourth-order valence-corrected chi connectivity index (χ4v) is 4.43. The molecule has 3 fully saturated rings. The maximum Gasteiger partial charge on any atom is 0.124 e. The van der Waals surface area contributed by atoms with Crippen molar-refractivity contribution in [2.24, 2.45) is 23.7 Å². The fraction of sp³-hybridized carbons (Fsp3) is 0.533. The van der Waals surface area contributed by atoms with Crippen molar-refractivity contribution < 1.29 is 4.39 Å². The van der Waals surface area contributed by atoms with E-state index in [2.05, 4.69) is 11.4 Å². The Labute approximate surface area is 106 Å². The van der Waals surface area contributed by atoms with Crippen molar-refractivity contribution in [2.45, 2.75) is 25.3 Å². The Morgan fingerprint density at radius 2 is 1.94 bits per heavy atom. The van der Waals surface area contributed by atoms with Crippen molar-refractivity contribution in [3.05, 3.63) is 29.6 Å². The van der Waals surface area contributed by atoms with Gasteiger partial charge >= 0.3 is 0 Å². The zero-order chi connectivity index (χ0) is 12.3. The molecule has 4 rings (SSSR count). The Hall–Kier alpha value is -1.56. The molecule has 1 aromatic carbocycles. The van der Waals surface area contributed by atoms with E-state index in [1.807, 2.05) is 0 Å². The number of anilines is 1. The molecular weight excluding hydrogens is 227 g/mol. The Balaban J connectivity index is 1.56. The third-order valence-corrected chi connectivity index (χ3v) is 5.16. The second-order valence-electron chi connectivity index (χ2n) is 5.96. The lowest BCUT2D eigenvalue weighted by atomic mass is 10.0. The average molecular weight is 242 g/mol. The largest absolute Gasteiger partial charge is 0.381 e. The number of nitrogens with one attached hydrogen (secondary N) is 1. The highest BCUT2D eigenvalue weighted by atomic mass is 19.1. The van der Waals surface area contributed by atoms with Gasteiger partial charge in [-0.3, -0.25) is 0 Å². The van der Waals surface area contributed by atoms with Crippen LogP contribution in [0.25, 0.3) is 0 Å². The molecule has 3 saturated carbocycles. The Kier molecular flexibility index (Phi) is 2.00. The summed E-state index contributed by atoms with van der Waals surface area (Å²) in [7, 11) is 0. The topological polar surface area (TPSA) is 35.8 Å². The summed E-state index contributed by atoms with van der Waals surface area (Å²) in [6, 6.07) is 7.05. The van der Waals surface area contributed by atoms with E-state index in [-0.39, 0.29) is 5.82 Å². The molecular formula is C15H15FN2. The molecule has 3 aliphatic carbocycles. The van der Waals surface area contributed by atoms with Crippen LogP contribution < -0.4 is 5.32 Å². The number of rotatable bonds is 2. The van der Waals surface area contributed by atoms with Crippen LogP contribution in [0.3, 0.4) is 0 Å². The zero-order valence-electron chi connectivity index (χ0n) is 10.1. The van der Waals surface area contributed by atoms with Gasteiger partial charge in [-0.25, -0.2) is 4.39 Å². The van der Waals surface area contributed by atoms with Crippen LogP contribution in [0.4, 0.5) is 10.1 Å². The van der Waals surface area contributed by atoms with Crippen LogP contribution in [0.15, 0.2) is 18.2 Å². The van der Waals surface area contributed by atoms with Crippen molar-refractivity contribution >= 4 is 5.69 Å². The minimum Gasteiger partial charge on any atom is -0.381 e. The van der Waals surface area contributed by atoms with E-state index in [9.17, 15) is 4.39 Å². The highest BCUT2D eigenvalue weighted by molar-refractivity contribution is 5.59. The maximum atomic E-state index is 13.1. The summed E-state index contributed by atoms with van der Waals surface area (Å²) in [4.78, 5) is 0. The van der Waals surface area contributed by atoms with E-state index in [0.29, 0.717) is 11.6 Å². The summed E-state index contributed by atoms with van der Waals surface area (Å²) in [6.07, 6.45) is 4.19. The standard InChI is InChI=1S/C15H15FN2/c16-11-3-4-12(10(6-11)7-17)18-15-13-8-1-2-9(5-8)14(13)15/h3-4,6,8-9,13-15,18H,1-2,5H2. The molecule has 2 bridgehead atoms. The lowest BCUT2D eigenvalue weighted by Crippen LogP contribution is -2.13. The van der Waals surface area contributed by atoms with Gasteiger partial charge < -0.3 is 5.32 Å². The number of halogens is 1. The lowest BCUT2D eigenvalue weighted by molar-refractivity contribution is 0.456. The predicted molar refractivity (Wildman–Crippen MR) is 66.3 cm³/mol. The minimum absolute atomic E-state index is 0.340. The van der Waals surface area contributed by atoms with Crippen molar-refractivity contribution in [1.29, 1.82) is 5.26 Å². The number of fused-ring (bicyclic) bond motifs is 5. The number of hydrogen-bond donors (Lipinski definition) is 1. The molecule has 18 heavy (non-hydrogen) atoms. The van der Waals surface area contributed by atoms with E-state index in [1.165, 1.54) is 31.4 Å². The molecule has 0 amide bonds. The van der Waals surface area contributed by atoms with Crippen LogP contribution >= 0.6 is 0 Å². The monoisotopic (exact) mass is 242 g/mol. The normalized spacial score (nSPS) is 39.2. The molecule has 0 spiro atoms. The number of nitriles is 1. The van der Waals surface area contributed by atoms with Gasteiger partial charge in [0.1, 0.15) is 11.9 Å². The summed E-state index contributed by atoms with van der Waals surface area (Å²) in [5.41, 5.74) is 1.23. The fourth-order valence-electron chi connectivity index (χ4n) is 4.43. The summed E-state index contributed by atoms with van der Waals surface area (Å²) in [5.74, 6) is 3.11. The number of nitrogens with zero attached hydrogens (tertiary/aromatic N) is 1. The Bertz CT molecular complexity index is 532. The molecule has 92 valence electrons. The van der Waals surface area contributed by atoms with Crippen LogP contribution in [-0.2, 0) is 0 Å². The van der Waals surface area contributed by atoms with Crippen molar-refractivity contribution in [2.75, 3.05) is 5.32 Å². The SMILES string of the molecule is N#Cc1cc(F)ccc1NC1C2C3CCC(C3)C12. The first-order valence-corrected chi connectivity index (χ1v) is 6.74. The van der Waals surface area contributed by atoms with E-state index >= 15 is 0 Å². The first-order valence-electron chi connectivity index (χ1n) is 6.74. The molecule has 4 atom stereocenters. The molecule has 0 heterocycles. The highest BCUT2D eigenvalue weighted by Gasteiger charge is 2.65. The summed E-state index contributed by atoms with van der Waals surface area (Å²) < 4.78 is 13.1. The number of hydrogen-bond acceptors (Lipinski definition) is 2. The summed E-state index contributed by atoms with van der Waals surface area (Å²) in [6.45, 7) is 0. The van der Waals surface area contributed by atoms with Crippen LogP contribution in [0, 0.1) is 40.8 Å². The first kappa shape index (κ1) is 10.4. The van der Waals surface area contributed by atoms with Gasteiger partial charge in [0.05, 0.1) is 11.3 Å².